The van der Waals surface area contributed by atoms with E-state index in [4.69, 9.17) is 11.1 Å². The van der Waals surface area contributed by atoms with Crippen LogP contribution in [0.5, 0.6) is 0 Å². The van der Waals surface area contributed by atoms with Crippen molar-refractivity contribution in [2.24, 2.45) is 23.0 Å². The Bertz CT molecular complexity index is 252. The van der Waals surface area contributed by atoms with Gasteiger partial charge < -0.3 is 10.6 Å². The molecule has 0 saturated carbocycles. The summed E-state index contributed by atoms with van der Waals surface area (Å²) in [5, 5.41) is 7.54. The highest BCUT2D eigenvalue weighted by Crippen LogP contribution is 2.43. The van der Waals surface area contributed by atoms with Gasteiger partial charge in [0.05, 0.1) is 0 Å². The minimum Gasteiger partial charge on any atom is -0.370 e. The molecule has 16 heavy (non-hydrogen) atoms. The SMILES string of the molecule is CCCCC(C)C1(C)CN(C(=N)N)CC1C. The lowest BCUT2D eigenvalue weighted by Gasteiger charge is -2.35. The molecule has 1 saturated heterocycles. The lowest BCUT2D eigenvalue weighted by atomic mass is 9.70. The smallest absolute Gasteiger partial charge is 0.188 e. The van der Waals surface area contributed by atoms with Gasteiger partial charge in [-0.3, -0.25) is 5.41 Å². The minimum atomic E-state index is 0.235. The molecule has 0 aliphatic carbocycles. The van der Waals surface area contributed by atoms with Gasteiger partial charge in [-0.15, -0.1) is 0 Å². The molecule has 0 radical (unpaired) electrons. The third kappa shape index (κ3) is 2.50. The van der Waals surface area contributed by atoms with E-state index in [0.717, 1.165) is 13.1 Å². The number of guanidine groups is 1. The zero-order valence-corrected chi connectivity index (χ0v) is 11.2. The molecule has 1 aliphatic rings. The second-order valence-electron chi connectivity index (χ2n) is 5.72. The summed E-state index contributed by atoms with van der Waals surface area (Å²) in [6.07, 6.45) is 3.87. The van der Waals surface area contributed by atoms with Crippen LogP contribution in [-0.4, -0.2) is 23.9 Å². The highest BCUT2D eigenvalue weighted by atomic mass is 15.3. The Kier molecular flexibility index (Phi) is 4.22. The molecule has 1 heterocycles. The number of hydrogen-bond acceptors (Lipinski definition) is 1. The van der Waals surface area contributed by atoms with Crippen molar-refractivity contribution in [2.75, 3.05) is 13.1 Å². The molecule has 1 aliphatic heterocycles. The Morgan fingerprint density at radius 3 is 2.69 bits per heavy atom. The van der Waals surface area contributed by atoms with Gasteiger partial charge in [-0.25, -0.2) is 0 Å². The van der Waals surface area contributed by atoms with Crippen molar-refractivity contribution in [3.8, 4) is 0 Å². The van der Waals surface area contributed by atoms with Crippen molar-refractivity contribution < 1.29 is 0 Å². The van der Waals surface area contributed by atoms with E-state index in [1.54, 1.807) is 0 Å². The van der Waals surface area contributed by atoms with Gasteiger partial charge in [0, 0.05) is 13.1 Å². The Hall–Kier alpha value is -0.730. The first-order chi connectivity index (χ1) is 7.41. The van der Waals surface area contributed by atoms with Crippen LogP contribution in [0.1, 0.15) is 47.0 Å². The van der Waals surface area contributed by atoms with Gasteiger partial charge in [0.25, 0.3) is 0 Å². The lowest BCUT2D eigenvalue weighted by Crippen LogP contribution is -2.37. The first-order valence-corrected chi connectivity index (χ1v) is 6.50. The predicted octanol–water partition coefficient (Wildman–Crippen LogP) is 2.66. The number of nitrogens with one attached hydrogen (secondary N) is 1. The van der Waals surface area contributed by atoms with Crippen LogP contribution >= 0.6 is 0 Å². The van der Waals surface area contributed by atoms with Crippen LogP contribution in [0.2, 0.25) is 0 Å². The zero-order chi connectivity index (χ0) is 12.3. The molecule has 0 aromatic carbocycles. The second-order valence-corrected chi connectivity index (χ2v) is 5.72. The van der Waals surface area contributed by atoms with E-state index in [0.29, 0.717) is 17.3 Å². The fraction of sp³-hybridized carbons (Fsp3) is 0.923. The number of rotatable bonds is 4. The van der Waals surface area contributed by atoms with Gasteiger partial charge in [0.2, 0.25) is 0 Å². The molecule has 3 unspecified atom stereocenters. The van der Waals surface area contributed by atoms with Crippen LogP contribution in [0, 0.1) is 22.7 Å². The zero-order valence-electron chi connectivity index (χ0n) is 11.2. The fourth-order valence-electron chi connectivity index (χ4n) is 2.84. The molecule has 0 aromatic heterocycles. The van der Waals surface area contributed by atoms with Gasteiger partial charge in [0.1, 0.15) is 0 Å². The molecule has 3 N–H and O–H groups in total. The summed E-state index contributed by atoms with van der Waals surface area (Å²) >= 11 is 0. The maximum Gasteiger partial charge on any atom is 0.188 e. The van der Waals surface area contributed by atoms with Crippen molar-refractivity contribution in [2.45, 2.75) is 47.0 Å². The molecule has 1 fully saturated rings. The molecule has 1 rings (SSSR count). The number of likely N-dealkylation sites (tertiary alicyclic amines) is 1. The van der Waals surface area contributed by atoms with Crippen molar-refractivity contribution in [1.82, 2.24) is 4.90 Å². The lowest BCUT2D eigenvalue weighted by molar-refractivity contribution is 0.152. The van der Waals surface area contributed by atoms with E-state index in [9.17, 15) is 0 Å². The van der Waals surface area contributed by atoms with Gasteiger partial charge in [0.15, 0.2) is 5.96 Å². The quantitative estimate of drug-likeness (QED) is 0.571. The fourth-order valence-corrected chi connectivity index (χ4v) is 2.84. The third-order valence-electron chi connectivity index (χ3n) is 4.61. The standard InChI is InChI=1S/C13H27N3/c1-5-6-7-10(2)13(4)9-16(12(14)15)8-11(13)3/h10-11H,5-9H2,1-4H3,(H3,14,15). The summed E-state index contributed by atoms with van der Waals surface area (Å²) in [6, 6.07) is 0. The highest BCUT2D eigenvalue weighted by molar-refractivity contribution is 5.75. The van der Waals surface area contributed by atoms with E-state index >= 15 is 0 Å². The first-order valence-electron chi connectivity index (χ1n) is 6.50. The summed E-state index contributed by atoms with van der Waals surface area (Å²) in [4.78, 5) is 2.02. The van der Waals surface area contributed by atoms with Crippen molar-refractivity contribution >= 4 is 5.96 Å². The summed E-state index contributed by atoms with van der Waals surface area (Å²) in [7, 11) is 0. The van der Waals surface area contributed by atoms with E-state index < -0.39 is 0 Å². The Morgan fingerprint density at radius 2 is 2.25 bits per heavy atom. The number of nitrogens with zero attached hydrogens (tertiary/aromatic N) is 1. The van der Waals surface area contributed by atoms with E-state index in [1.165, 1.54) is 19.3 Å². The normalized spacial score (nSPS) is 31.8. The largest absolute Gasteiger partial charge is 0.370 e. The van der Waals surface area contributed by atoms with Crippen LogP contribution in [0.4, 0.5) is 0 Å². The molecule has 3 atom stereocenters. The van der Waals surface area contributed by atoms with Crippen molar-refractivity contribution in [1.29, 1.82) is 5.41 Å². The highest BCUT2D eigenvalue weighted by Gasteiger charge is 2.44. The van der Waals surface area contributed by atoms with Gasteiger partial charge >= 0.3 is 0 Å². The molecular formula is C13H27N3. The molecule has 0 amide bonds. The van der Waals surface area contributed by atoms with Crippen molar-refractivity contribution in [3.63, 3.8) is 0 Å². The third-order valence-corrected chi connectivity index (χ3v) is 4.61. The predicted molar refractivity (Wildman–Crippen MR) is 69.4 cm³/mol. The average Bonchev–Trinajstić information content (AvgIpc) is 2.53. The van der Waals surface area contributed by atoms with Gasteiger partial charge in [-0.2, -0.15) is 0 Å². The summed E-state index contributed by atoms with van der Waals surface area (Å²) in [6.45, 7) is 11.2. The number of unbranched alkanes of at least 4 members (excludes halogenated alkanes) is 1. The van der Waals surface area contributed by atoms with Crippen LogP contribution in [-0.2, 0) is 0 Å². The topological polar surface area (TPSA) is 53.1 Å². The molecule has 3 nitrogen and oxygen atoms in total. The van der Waals surface area contributed by atoms with Crippen LogP contribution in [0.3, 0.4) is 0 Å². The molecule has 3 heteroatoms. The molecule has 94 valence electrons. The number of nitrogens with two attached hydrogens (primary N) is 1. The monoisotopic (exact) mass is 225 g/mol. The van der Waals surface area contributed by atoms with Crippen molar-refractivity contribution in [3.05, 3.63) is 0 Å². The average molecular weight is 225 g/mol. The van der Waals surface area contributed by atoms with E-state index in [-0.39, 0.29) is 5.96 Å². The second kappa shape index (κ2) is 5.07. The van der Waals surface area contributed by atoms with Crippen LogP contribution in [0.25, 0.3) is 0 Å². The minimum absolute atomic E-state index is 0.235. The van der Waals surface area contributed by atoms with E-state index in [2.05, 4.69) is 27.7 Å². The first kappa shape index (κ1) is 13.3. The molecule has 0 spiro atoms. The Labute approximate surface area is 99.9 Å². The Balaban J connectivity index is 2.65. The maximum absolute atomic E-state index is 7.54. The Morgan fingerprint density at radius 1 is 1.62 bits per heavy atom. The van der Waals surface area contributed by atoms with Gasteiger partial charge in [-0.05, 0) is 17.3 Å². The van der Waals surface area contributed by atoms with E-state index in [1.807, 2.05) is 4.90 Å². The van der Waals surface area contributed by atoms with Crippen LogP contribution in [0.15, 0.2) is 0 Å². The number of hydrogen-bond donors (Lipinski definition) is 2. The maximum atomic E-state index is 7.54. The van der Waals surface area contributed by atoms with Gasteiger partial charge in [-0.1, -0.05) is 47.0 Å². The molecular weight excluding hydrogens is 198 g/mol. The summed E-state index contributed by atoms with van der Waals surface area (Å²) in [5.41, 5.74) is 5.91. The molecule has 0 bridgehead atoms. The summed E-state index contributed by atoms with van der Waals surface area (Å²) < 4.78 is 0. The van der Waals surface area contributed by atoms with Crippen LogP contribution < -0.4 is 5.73 Å². The molecule has 0 aromatic rings. The summed E-state index contributed by atoms with van der Waals surface area (Å²) in [5.74, 6) is 1.58.